The van der Waals surface area contributed by atoms with Gasteiger partial charge in [-0.1, -0.05) is 27.7 Å². The molecule has 20 heavy (non-hydrogen) atoms. The van der Waals surface area contributed by atoms with Crippen molar-refractivity contribution in [3.63, 3.8) is 0 Å². The van der Waals surface area contributed by atoms with Gasteiger partial charge in [-0.2, -0.15) is 0 Å². The first kappa shape index (κ1) is 16.3. The van der Waals surface area contributed by atoms with E-state index in [1.807, 2.05) is 0 Å². The van der Waals surface area contributed by atoms with Crippen molar-refractivity contribution in [2.75, 3.05) is 39.3 Å². The van der Waals surface area contributed by atoms with Crippen LogP contribution in [0, 0.1) is 17.8 Å². The highest BCUT2D eigenvalue weighted by atomic mass is 15.3. The molecule has 0 amide bonds. The van der Waals surface area contributed by atoms with Crippen LogP contribution in [0.5, 0.6) is 0 Å². The molecule has 2 N–H and O–H groups in total. The molecule has 1 saturated carbocycles. The SMILES string of the molecule is CC(C)CN1CCN(C2(CN)CC(C)CC(C)C2)CC1. The van der Waals surface area contributed by atoms with Gasteiger partial charge >= 0.3 is 0 Å². The Morgan fingerprint density at radius 1 is 1.05 bits per heavy atom. The Bertz CT molecular complexity index is 285. The minimum absolute atomic E-state index is 0.293. The molecule has 1 aliphatic carbocycles. The van der Waals surface area contributed by atoms with Gasteiger partial charge in [-0.3, -0.25) is 4.90 Å². The van der Waals surface area contributed by atoms with Crippen LogP contribution in [0.3, 0.4) is 0 Å². The smallest absolute Gasteiger partial charge is 0.0337 e. The molecule has 0 spiro atoms. The summed E-state index contributed by atoms with van der Waals surface area (Å²) in [5.41, 5.74) is 6.55. The summed E-state index contributed by atoms with van der Waals surface area (Å²) in [6.07, 6.45) is 3.99. The molecule has 1 saturated heterocycles. The van der Waals surface area contributed by atoms with Gasteiger partial charge in [-0.05, 0) is 37.0 Å². The van der Waals surface area contributed by atoms with Gasteiger partial charge in [0.1, 0.15) is 0 Å². The lowest BCUT2D eigenvalue weighted by Crippen LogP contribution is -2.62. The standard InChI is InChI=1S/C17H35N3/c1-14(2)12-19-5-7-20(8-6-19)17(13-18)10-15(3)9-16(4)11-17/h14-16H,5-13,18H2,1-4H3. The number of nitrogens with two attached hydrogens (primary N) is 1. The first-order valence-corrected chi connectivity index (χ1v) is 8.62. The van der Waals surface area contributed by atoms with E-state index < -0.39 is 0 Å². The summed E-state index contributed by atoms with van der Waals surface area (Å²) in [6, 6.07) is 0. The van der Waals surface area contributed by atoms with Gasteiger partial charge < -0.3 is 10.6 Å². The molecule has 2 atom stereocenters. The summed E-state index contributed by atoms with van der Waals surface area (Å²) in [5.74, 6) is 2.44. The lowest BCUT2D eigenvalue weighted by atomic mass is 9.70. The van der Waals surface area contributed by atoms with Crippen molar-refractivity contribution < 1.29 is 0 Å². The Hall–Kier alpha value is -0.120. The molecule has 2 unspecified atom stereocenters. The second kappa shape index (κ2) is 6.76. The summed E-state index contributed by atoms with van der Waals surface area (Å²) < 4.78 is 0. The zero-order valence-corrected chi connectivity index (χ0v) is 14.1. The number of hydrogen-bond donors (Lipinski definition) is 1. The van der Waals surface area contributed by atoms with Crippen molar-refractivity contribution in [3.05, 3.63) is 0 Å². The molecule has 1 heterocycles. The summed E-state index contributed by atoms with van der Waals surface area (Å²) in [5, 5.41) is 0. The van der Waals surface area contributed by atoms with Crippen LogP contribution >= 0.6 is 0 Å². The zero-order valence-electron chi connectivity index (χ0n) is 14.1. The molecule has 3 heteroatoms. The molecule has 0 bridgehead atoms. The maximum Gasteiger partial charge on any atom is 0.0337 e. The fourth-order valence-electron chi connectivity index (χ4n) is 4.71. The largest absolute Gasteiger partial charge is 0.329 e. The van der Waals surface area contributed by atoms with Crippen molar-refractivity contribution in [1.29, 1.82) is 0 Å². The normalized spacial score (nSPS) is 37.5. The van der Waals surface area contributed by atoms with E-state index in [1.165, 1.54) is 52.0 Å². The van der Waals surface area contributed by atoms with E-state index in [0.717, 1.165) is 24.3 Å². The molecule has 2 aliphatic rings. The number of nitrogens with zero attached hydrogens (tertiary/aromatic N) is 2. The fraction of sp³-hybridized carbons (Fsp3) is 1.00. The predicted molar refractivity (Wildman–Crippen MR) is 86.8 cm³/mol. The monoisotopic (exact) mass is 281 g/mol. The Morgan fingerprint density at radius 2 is 1.60 bits per heavy atom. The van der Waals surface area contributed by atoms with Crippen LogP contribution in [0.15, 0.2) is 0 Å². The van der Waals surface area contributed by atoms with E-state index in [4.69, 9.17) is 5.73 Å². The van der Waals surface area contributed by atoms with Crippen molar-refractivity contribution in [1.82, 2.24) is 9.80 Å². The van der Waals surface area contributed by atoms with E-state index in [1.54, 1.807) is 0 Å². The van der Waals surface area contributed by atoms with Crippen molar-refractivity contribution in [2.45, 2.75) is 52.5 Å². The van der Waals surface area contributed by atoms with Crippen LogP contribution < -0.4 is 5.73 Å². The summed E-state index contributed by atoms with van der Waals surface area (Å²) >= 11 is 0. The Kier molecular flexibility index (Phi) is 5.49. The van der Waals surface area contributed by atoms with Crippen molar-refractivity contribution >= 4 is 0 Å². The van der Waals surface area contributed by atoms with Gasteiger partial charge in [-0.25, -0.2) is 0 Å². The third kappa shape index (κ3) is 3.75. The molecular formula is C17H35N3. The van der Waals surface area contributed by atoms with Gasteiger partial charge in [-0.15, -0.1) is 0 Å². The minimum atomic E-state index is 0.293. The van der Waals surface area contributed by atoms with Crippen LogP contribution in [0.1, 0.15) is 47.0 Å². The maximum atomic E-state index is 6.25. The highest BCUT2D eigenvalue weighted by molar-refractivity contribution is 4.99. The highest BCUT2D eigenvalue weighted by Gasteiger charge is 2.42. The van der Waals surface area contributed by atoms with E-state index in [2.05, 4.69) is 37.5 Å². The number of piperazine rings is 1. The van der Waals surface area contributed by atoms with Crippen LogP contribution in [0.2, 0.25) is 0 Å². The van der Waals surface area contributed by atoms with Crippen LogP contribution in [0.4, 0.5) is 0 Å². The second-order valence-electron chi connectivity index (χ2n) is 7.96. The molecule has 3 nitrogen and oxygen atoms in total. The molecule has 1 aliphatic heterocycles. The molecular weight excluding hydrogens is 246 g/mol. The molecule has 0 aromatic carbocycles. The molecule has 0 aromatic heterocycles. The van der Waals surface area contributed by atoms with Crippen molar-refractivity contribution in [3.8, 4) is 0 Å². The molecule has 0 aromatic rings. The highest BCUT2D eigenvalue weighted by Crippen LogP contribution is 2.39. The quantitative estimate of drug-likeness (QED) is 0.859. The van der Waals surface area contributed by atoms with E-state index in [9.17, 15) is 0 Å². The first-order valence-electron chi connectivity index (χ1n) is 8.62. The van der Waals surface area contributed by atoms with Gasteiger partial charge in [0.2, 0.25) is 0 Å². The number of hydrogen-bond acceptors (Lipinski definition) is 3. The fourth-order valence-corrected chi connectivity index (χ4v) is 4.71. The van der Waals surface area contributed by atoms with Gasteiger partial charge in [0.25, 0.3) is 0 Å². The van der Waals surface area contributed by atoms with Crippen molar-refractivity contribution in [2.24, 2.45) is 23.5 Å². The molecule has 0 radical (unpaired) electrons. The maximum absolute atomic E-state index is 6.25. The van der Waals surface area contributed by atoms with Gasteiger partial charge in [0, 0.05) is 44.8 Å². The average molecular weight is 281 g/mol. The van der Waals surface area contributed by atoms with E-state index in [0.29, 0.717) is 5.54 Å². The first-order chi connectivity index (χ1) is 9.45. The van der Waals surface area contributed by atoms with Crippen LogP contribution in [-0.4, -0.2) is 54.6 Å². The minimum Gasteiger partial charge on any atom is -0.329 e. The predicted octanol–water partition coefficient (Wildman–Crippen LogP) is 2.41. The summed E-state index contributed by atoms with van der Waals surface area (Å²) in [7, 11) is 0. The second-order valence-corrected chi connectivity index (χ2v) is 7.96. The third-order valence-corrected chi connectivity index (χ3v) is 5.31. The lowest BCUT2D eigenvalue weighted by molar-refractivity contribution is -0.0143. The molecule has 2 fully saturated rings. The average Bonchev–Trinajstić information content (AvgIpc) is 2.37. The van der Waals surface area contributed by atoms with Gasteiger partial charge in [0.15, 0.2) is 0 Å². The Labute approximate surface area is 125 Å². The Balaban J connectivity index is 1.96. The number of rotatable bonds is 4. The Morgan fingerprint density at radius 3 is 2.05 bits per heavy atom. The van der Waals surface area contributed by atoms with Gasteiger partial charge in [0.05, 0.1) is 0 Å². The third-order valence-electron chi connectivity index (χ3n) is 5.31. The van der Waals surface area contributed by atoms with Crippen LogP contribution in [-0.2, 0) is 0 Å². The van der Waals surface area contributed by atoms with E-state index >= 15 is 0 Å². The van der Waals surface area contributed by atoms with E-state index in [-0.39, 0.29) is 0 Å². The molecule has 2 rings (SSSR count). The summed E-state index contributed by atoms with van der Waals surface area (Å²) in [6.45, 7) is 16.4. The molecule has 118 valence electrons. The lowest BCUT2D eigenvalue weighted by Gasteiger charge is -2.52. The van der Waals surface area contributed by atoms with Crippen LogP contribution in [0.25, 0.3) is 0 Å². The topological polar surface area (TPSA) is 32.5 Å². The zero-order chi connectivity index (χ0) is 14.8. The summed E-state index contributed by atoms with van der Waals surface area (Å²) in [4.78, 5) is 5.36.